The Morgan fingerprint density at radius 2 is 2.00 bits per heavy atom. The number of rotatable bonds is 9. The molecule has 1 saturated heterocycles. The van der Waals surface area contributed by atoms with Crippen LogP contribution in [0.3, 0.4) is 0 Å². The van der Waals surface area contributed by atoms with E-state index in [1.54, 1.807) is 18.2 Å². The van der Waals surface area contributed by atoms with E-state index in [9.17, 15) is 8.78 Å². The molecule has 1 atom stereocenters. The molecular formula is C18H27ClF2N2O. The first-order valence-electron chi connectivity index (χ1n) is 8.31. The van der Waals surface area contributed by atoms with Crippen LogP contribution in [-0.4, -0.2) is 37.7 Å². The summed E-state index contributed by atoms with van der Waals surface area (Å²) in [6.07, 6.45) is 6.19. The van der Waals surface area contributed by atoms with Crippen LogP contribution in [0.2, 0.25) is 0 Å². The predicted molar refractivity (Wildman–Crippen MR) is 96.2 cm³/mol. The number of hydrogen-bond donors (Lipinski definition) is 1. The maximum Gasteiger partial charge on any atom is 0.387 e. The number of halogens is 3. The number of benzene rings is 1. The topological polar surface area (TPSA) is 24.5 Å². The van der Waals surface area contributed by atoms with Crippen molar-refractivity contribution in [2.75, 3.05) is 26.2 Å². The van der Waals surface area contributed by atoms with E-state index < -0.39 is 6.61 Å². The number of piperazine rings is 1. The van der Waals surface area contributed by atoms with Gasteiger partial charge in [-0.1, -0.05) is 24.6 Å². The smallest absolute Gasteiger partial charge is 0.387 e. The summed E-state index contributed by atoms with van der Waals surface area (Å²) < 4.78 is 29.4. The van der Waals surface area contributed by atoms with E-state index in [-0.39, 0.29) is 24.2 Å². The van der Waals surface area contributed by atoms with Gasteiger partial charge in [-0.25, -0.2) is 0 Å². The first kappa shape index (κ1) is 20.9. The lowest BCUT2D eigenvalue weighted by Crippen LogP contribution is -2.45. The molecule has 24 heavy (non-hydrogen) atoms. The molecule has 136 valence electrons. The van der Waals surface area contributed by atoms with Crippen molar-refractivity contribution in [3.05, 3.63) is 42.5 Å². The molecule has 1 aromatic rings. The van der Waals surface area contributed by atoms with E-state index in [2.05, 4.69) is 21.5 Å². The van der Waals surface area contributed by atoms with E-state index >= 15 is 0 Å². The summed E-state index contributed by atoms with van der Waals surface area (Å²) in [5, 5.41) is 3.36. The van der Waals surface area contributed by atoms with Gasteiger partial charge in [0, 0.05) is 32.2 Å². The second kappa shape index (κ2) is 11.4. The summed E-state index contributed by atoms with van der Waals surface area (Å²) in [4.78, 5) is 2.44. The first-order valence-corrected chi connectivity index (χ1v) is 8.31. The van der Waals surface area contributed by atoms with Crippen LogP contribution in [0, 0.1) is 0 Å². The number of allylic oxidation sites excluding steroid dienone is 1. The lowest BCUT2D eigenvalue weighted by atomic mass is 9.98. The average molecular weight is 361 g/mol. The van der Waals surface area contributed by atoms with Gasteiger partial charge >= 0.3 is 6.61 Å². The van der Waals surface area contributed by atoms with Crippen LogP contribution in [0.25, 0.3) is 0 Å². The molecule has 1 aliphatic rings. The van der Waals surface area contributed by atoms with Crippen LogP contribution in [0.15, 0.2) is 36.9 Å². The summed E-state index contributed by atoms with van der Waals surface area (Å²) in [5.74, 6) is 0.240. The van der Waals surface area contributed by atoms with Gasteiger partial charge in [0.05, 0.1) is 0 Å². The zero-order valence-electron chi connectivity index (χ0n) is 13.9. The van der Waals surface area contributed by atoms with Gasteiger partial charge in [-0.3, -0.25) is 4.90 Å². The van der Waals surface area contributed by atoms with Gasteiger partial charge in [0.15, 0.2) is 0 Å². The van der Waals surface area contributed by atoms with Crippen LogP contribution in [0.1, 0.15) is 37.3 Å². The van der Waals surface area contributed by atoms with E-state index in [4.69, 9.17) is 0 Å². The van der Waals surface area contributed by atoms with Crippen LogP contribution in [-0.2, 0) is 0 Å². The van der Waals surface area contributed by atoms with Crippen molar-refractivity contribution in [3.8, 4) is 5.75 Å². The Morgan fingerprint density at radius 3 is 2.67 bits per heavy atom. The molecule has 0 aromatic heterocycles. The highest BCUT2D eigenvalue weighted by atomic mass is 35.5. The molecule has 2 rings (SSSR count). The Kier molecular flexibility index (Phi) is 9.91. The highest BCUT2D eigenvalue weighted by Gasteiger charge is 2.22. The molecule has 1 aromatic carbocycles. The Hall–Kier alpha value is -1.17. The van der Waals surface area contributed by atoms with Gasteiger partial charge in [0.1, 0.15) is 5.75 Å². The van der Waals surface area contributed by atoms with Crippen LogP contribution in [0.4, 0.5) is 8.78 Å². The normalized spacial score (nSPS) is 16.5. The number of ether oxygens (including phenoxy) is 1. The first-order chi connectivity index (χ1) is 11.2. The largest absolute Gasteiger partial charge is 0.435 e. The van der Waals surface area contributed by atoms with Gasteiger partial charge in [-0.05, 0) is 37.0 Å². The van der Waals surface area contributed by atoms with Crippen molar-refractivity contribution in [1.82, 2.24) is 10.2 Å². The van der Waals surface area contributed by atoms with Crippen LogP contribution < -0.4 is 10.1 Å². The molecule has 3 nitrogen and oxygen atoms in total. The highest BCUT2D eigenvalue weighted by molar-refractivity contribution is 5.85. The molecule has 1 fully saturated rings. The fourth-order valence-corrected chi connectivity index (χ4v) is 3.08. The van der Waals surface area contributed by atoms with Crippen molar-refractivity contribution in [3.63, 3.8) is 0 Å². The fraction of sp³-hybridized carbons (Fsp3) is 0.556. The lowest BCUT2D eigenvalue weighted by Gasteiger charge is -2.35. The predicted octanol–water partition coefficient (Wildman–Crippen LogP) is 4.40. The minimum absolute atomic E-state index is 0. The minimum Gasteiger partial charge on any atom is -0.435 e. The number of hydrogen-bond acceptors (Lipinski definition) is 3. The van der Waals surface area contributed by atoms with Crippen LogP contribution >= 0.6 is 12.4 Å². The van der Waals surface area contributed by atoms with E-state index in [1.165, 1.54) is 0 Å². The second-order valence-electron chi connectivity index (χ2n) is 5.83. The third kappa shape index (κ3) is 6.75. The van der Waals surface area contributed by atoms with E-state index in [0.29, 0.717) is 0 Å². The Bertz CT molecular complexity index is 482. The molecule has 1 aliphatic heterocycles. The minimum atomic E-state index is -2.78. The van der Waals surface area contributed by atoms with Crippen LogP contribution in [0.5, 0.6) is 5.75 Å². The third-order valence-electron chi connectivity index (χ3n) is 4.20. The summed E-state index contributed by atoms with van der Waals surface area (Å²) >= 11 is 0. The Morgan fingerprint density at radius 1 is 1.25 bits per heavy atom. The fourth-order valence-electron chi connectivity index (χ4n) is 3.08. The number of unbranched alkanes of at least 4 members (excludes halogenated alkanes) is 2. The SMILES string of the molecule is C=CCCCC[C@@H](c1cccc(OC(F)F)c1)N1CCNCC1.Cl. The molecule has 1 heterocycles. The number of nitrogens with zero attached hydrogens (tertiary/aromatic N) is 1. The van der Waals surface area contributed by atoms with Crippen molar-refractivity contribution >= 4 is 12.4 Å². The number of alkyl halides is 2. The van der Waals surface area contributed by atoms with Gasteiger partial charge in [0.2, 0.25) is 0 Å². The zero-order chi connectivity index (χ0) is 16.5. The monoisotopic (exact) mass is 360 g/mol. The third-order valence-corrected chi connectivity index (χ3v) is 4.20. The van der Waals surface area contributed by atoms with E-state index in [1.807, 2.05) is 12.1 Å². The average Bonchev–Trinajstić information content (AvgIpc) is 2.55. The van der Waals surface area contributed by atoms with Gasteiger partial charge in [-0.15, -0.1) is 19.0 Å². The van der Waals surface area contributed by atoms with Crippen molar-refractivity contribution in [2.45, 2.75) is 38.3 Å². The van der Waals surface area contributed by atoms with Crippen molar-refractivity contribution < 1.29 is 13.5 Å². The molecule has 0 amide bonds. The molecule has 0 bridgehead atoms. The lowest BCUT2D eigenvalue weighted by molar-refractivity contribution is -0.0499. The number of nitrogens with one attached hydrogen (secondary N) is 1. The Balaban J connectivity index is 0.00000288. The molecule has 1 N–H and O–H groups in total. The quantitative estimate of drug-likeness (QED) is 0.521. The second-order valence-corrected chi connectivity index (χ2v) is 5.83. The van der Waals surface area contributed by atoms with Gasteiger partial charge in [0.25, 0.3) is 0 Å². The van der Waals surface area contributed by atoms with Crippen molar-refractivity contribution in [2.24, 2.45) is 0 Å². The summed E-state index contributed by atoms with van der Waals surface area (Å²) in [7, 11) is 0. The molecule has 0 saturated carbocycles. The molecule has 0 spiro atoms. The summed E-state index contributed by atoms with van der Waals surface area (Å²) in [6.45, 7) is 4.87. The molecule has 0 aliphatic carbocycles. The van der Waals surface area contributed by atoms with E-state index in [0.717, 1.165) is 57.4 Å². The summed E-state index contributed by atoms with van der Waals surface area (Å²) in [6, 6.07) is 7.40. The highest BCUT2D eigenvalue weighted by Crippen LogP contribution is 2.30. The van der Waals surface area contributed by atoms with Crippen molar-refractivity contribution in [1.29, 1.82) is 0 Å². The molecular weight excluding hydrogens is 334 g/mol. The molecule has 0 radical (unpaired) electrons. The van der Waals surface area contributed by atoms with Gasteiger partial charge < -0.3 is 10.1 Å². The molecule has 0 unspecified atom stereocenters. The Labute approximate surface area is 149 Å². The van der Waals surface area contributed by atoms with Gasteiger partial charge in [-0.2, -0.15) is 8.78 Å². The molecule has 6 heteroatoms. The zero-order valence-corrected chi connectivity index (χ0v) is 14.7. The maximum absolute atomic E-state index is 12.4. The summed E-state index contributed by atoms with van der Waals surface area (Å²) in [5.41, 5.74) is 1.06. The maximum atomic E-state index is 12.4. The standard InChI is InChI=1S/C18H26F2N2O.ClH/c1-2-3-4-5-9-17(22-12-10-21-11-13-22)15-7-6-8-16(14-15)23-18(19)20;/h2,6-8,14,17-18,21H,1,3-5,9-13H2;1H/t17-;/m0./s1.